The van der Waals surface area contributed by atoms with E-state index in [-0.39, 0.29) is 6.61 Å². The van der Waals surface area contributed by atoms with Gasteiger partial charge in [0.1, 0.15) is 6.73 Å². The highest BCUT2D eigenvalue weighted by Crippen LogP contribution is 2.32. The number of halogens is 1. The van der Waals surface area contributed by atoms with E-state index in [2.05, 4.69) is 34.6 Å². The number of hydrogen-bond acceptors (Lipinski definition) is 9. The smallest absolute Gasteiger partial charge is 0.194 e. The number of aryl methyl sites for hydroxylation is 1. The zero-order valence-electron chi connectivity index (χ0n) is 21.2. The highest BCUT2D eigenvalue weighted by atomic mass is 35.5. The molecule has 0 saturated heterocycles. The third kappa shape index (κ3) is 8.03. The molecule has 37 heavy (non-hydrogen) atoms. The summed E-state index contributed by atoms with van der Waals surface area (Å²) < 4.78 is 7.99. The third-order valence-corrected chi connectivity index (χ3v) is 9.26. The van der Waals surface area contributed by atoms with Crippen LogP contribution in [0.15, 0.2) is 64.0 Å². The van der Waals surface area contributed by atoms with Crippen LogP contribution in [0.2, 0.25) is 30.7 Å². The van der Waals surface area contributed by atoms with Crippen LogP contribution in [-0.4, -0.2) is 44.3 Å². The Hall–Kier alpha value is -2.41. The molecule has 1 aromatic carbocycles. The summed E-state index contributed by atoms with van der Waals surface area (Å²) in [6, 6.07) is 10.7. The topological polar surface area (TPSA) is 98.3 Å². The fourth-order valence-electron chi connectivity index (χ4n) is 3.14. The molecule has 1 N–H and O–H groups in total. The molecule has 0 aliphatic rings. The number of aromatic nitrogens is 5. The molecule has 8 nitrogen and oxygen atoms in total. The number of rotatable bonds is 10. The van der Waals surface area contributed by atoms with Crippen LogP contribution in [0, 0.1) is 6.92 Å². The Morgan fingerprint density at radius 1 is 1.16 bits per heavy atom. The summed E-state index contributed by atoms with van der Waals surface area (Å²) in [5.41, 5.74) is 2.15. The van der Waals surface area contributed by atoms with Crippen LogP contribution >= 0.6 is 34.7 Å². The molecule has 0 atom stereocenters. The van der Waals surface area contributed by atoms with Crippen molar-refractivity contribution in [3.05, 3.63) is 70.1 Å². The largest absolute Gasteiger partial charge is 0.390 e. The lowest BCUT2D eigenvalue weighted by molar-refractivity contribution is 0.0855. The maximum atomic E-state index is 9.25. The maximum Gasteiger partial charge on any atom is 0.194 e. The summed E-state index contributed by atoms with van der Waals surface area (Å²) in [5, 5.41) is 10.5. The van der Waals surface area contributed by atoms with E-state index in [1.54, 1.807) is 6.20 Å². The predicted molar refractivity (Wildman–Crippen MR) is 151 cm³/mol. The van der Waals surface area contributed by atoms with Gasteiger partial charge in [0.15, 0.2) is 15.8 Å². The van der Waals surface area contributed by atoms with E-state index in [1.807, 2.05) is 48.0 Å². The lowest BCUT2D eigenvalue weighted by atomic mass is 10.3. The molecule has 0 aliphatic carbocycles. The number of aliphatic hydroxyl groups excluding tert-OH is 1. The Morgan fingerprint density at radius 3 is 2.68 bits per heavy atom. The quantitative estimate of drug-likeness (QED) is 0.142. The van der Waals surface area contributed by atoms with Gasteiger partial charge in [-0.05, 0) is 42.9 Å². The maximum absolute atomic E-state index is 9.25. The van der Waals surface area contributed by atoms with E-state index in [0.717, 1.165) is 27.2 Å². The van der Waals surface area contributed by atoms with Gasteiger partial charge in [0.05, 0.1) is 40.3 Å². The Labute approximate surface area is 230 Å². The first-order chi connectivity index (χ1) is 17.7. The van der Waals surface area contributed by atoms with E-state index >= 15 is 0 Å². The van der Waals surface area contributed by atoms with Crippen molar-refractivity contribution in [1.82, 2.24) is 24.5 Å². The second kappa shape index (κ2) is 12.4. The molecule has 194 valence electrons. The molecule has 3 heterocycles. The summed E-state index contributed by atoms with van der Waals surface area (Å²) in [5.74, 6) is 0.454. The lowest BCUT2D eigenvalue weighted by Crippen LogP contribution is -2.23. The van der Waals surface area contributed by atoms with Crippen molar-refractivity contribution in [3.8, 4) is 10.6 Å². The van der Waals surface area contributed by atoms with Gasteiger partial charge in [-0.2, -0.15) is 4.99 Å². The van der Waals surface area contributed by atoms with Crippen molar-refractivity contribution in [1.29, 1.82) is 0 Å². The van der Waals surface area contributed by atoms with Gasteiger partial charge in [0.2, 0.25) is 0 Å². The van der Waals surface area contributed by atoms with Crippen molar-refractivity contribution in [2.24, 2.45) is 4.99 Å². The zero-order valence-corrected chi connectivity index (χ0v) is 24.6. The summed E-state index contributed by atoms with van der Waals surface area (Å²) in [6.07, 6.45) is 5.07. The molecule has 0 bridgehead atoms. The van der Waals surface area contributed by atoms with Gasteiger partial charge in [-0.15, -0.1) is 0 Å². The molecule has 0 aliphatic heterocycles. The van der Waals surface area contributed by atoms with Gasteiger partial charge in [-0.3, -0.25) is 9.55 Å². The number of benzene rings is 1. The first kappa shape index (κ1) is 27.6. The monoisotopic (exact) mass is 572 g/mol. The molecule has 0 spiro atoms. The first-order valence-corrected chi connectivity index (χ1v) is 17.4. The molecule has 3 aromatic heterocycles. The third-order valence-electron chi connectivity index (χ3n) is 5.13. The zero-order chi connectivity index (χ0) is 26.4. The molecule has 0 radical (unpaired) electrons. The number of hydrogen-bond donors (Lipinski definition) is 1. The van der Waals surface area contributed by atoms with Crippen molar-refractivity contribution >= 4 is 48.6 Å². The van der Waals surface area contributed by atoms with Crippen LogP contribution in [0.1, 0.15) is 11.4 Å². The number of aliphatic hydroxyl groups is 1. The number of ether oxygens (including phenoxy) is 1. The SMILES string of the molecule is Cc1cc(-c2cn(COCC[Si](C)(C)C)c(=Nc3cnc(CO)cn3)s2)nc(Sc2ccccc2Cl)n1. The van der Waals surface area contributed by atoms with Crippen LogP contribution in [0.25, 0.3) is 10.6 Å². The standard InChI is InChI=1S/C25H29ClN6O2S2Si/c1-17-11-20(30-24(29-17)35-21-8-6-5-7-19(21)26)22-14-32(16-34-9-10-37(2,3)4)25(36-22)31-23-13-27-18(15-33)12-28-23/h5-8,11-14,33H,9-10,15-16H2,1-4H3. The van der Waals surface area contributed by atoms with E-state index in [0.29, 0.717) is 39.8 Å². The fourth-order valence-corrected chi connectivity index (χ4v) is 5.94. The van der Waals surface area contributed by atoms with Gasteiger partial charge < -0.3 is 9.84 Å². The van der Waals surface area contributed by atoms with Gasteiger partial charge in [-0.25, -0.2) is 15.0 Å². The summed E-state index contributed by atoms with van der Waals surface area (Å²) >= 11 is 9.28. The first-order valence-electron chi connectivity index (χ1n) is 11.7. The van der Waals surface area contributed by atoms with Crippen LogP contribution in [-0.2, 0) is 18.1 Å². The Bertz CT molecular complexity index is 1420. The summed E-state index contributed by atoms with van der Waals surface area (Å²) in [7, 11) is -1.20. The predicted octanol–water partition coefficient (Wildman–Crippen LogP) is 5.95. The van der Waals surface area contributed by atoms with Gasteiger partial charge >= 0.3 is 0 Å². The Morgan fingerprint density at radius 2 is 1.97 bits per heavy atom. The molecule has 4 rings (SSSR count). The van der Waals surface area contributed by atoms with Crippen molar-refractivity contribution in [3.63, 3.8) is 0 Å². The molecule has 0 saturated carbocycles. The van der Waals surface area contributed by atoms with E-state index in [1.165, 1.54) is 29.3 Å². The van der Waals surface area contributed by atoms with Crippen LogP contribution in [0.3, 0.4) is 0 Å². The summed E-state index contributed by atoms with van der Waals surface area (Å²) in [6.45, 7) is 9.85. The number of thiazole rings is 1. The minimum absolute atomic E-state index is 0.164. The normalized spacial score (nSPS) is 12.3. The second-order valence-corrected chi connectivity index (χ2v) is 17.6. The van der Waals surface area contributed by atoms with E-state index < -0.39 is 8.07 Å². The molecule has 0 unspecified atom stereocenters. The molecule has 0 amide bonds. The second-order valence-electron chi connectivity index (χ2n) is 9.54. The van der Waals surface area contributed by atoms with E-state index in [4.69, 9.17) is 26.3 Å². The Balaban J connectivity index is 1.67. The van der Waals surface area contributed by atoms with Crippen LogP contribution in [0.5, 0.6) is 0 Å². The average molecular weight is 573 g/mol. The Kier molecular flexibility index (Phi) is 9.27. The van der Waals surface area contributed by atoms with E-state index in [9.17, 15) is 5.11 Å². The van der Waals surface area contributed by atoms with Gasteiger partial charge in [-0.1, -0.05) is 54.7 Å². The minimum Gasteiger partial charge on any atom is -0.390 e. The van der Waals surface area contributed by atoms with Crippen LogP contribution < -0.4 is 4.80 Å². The summed E-state index contributed by atoms with van der Waals surface area (Å²) in [4.78, 5) is 25.2. The lowest BCUT2D eigenvalue weighted by Gasteiger charge is -2.15. The molecule has 0 fully saturated rings. The van der Waals surface area contributed by atoms with Crippen LogP contribution in [0.4, 0.5) is 5.82 Å². The fraction of sp³-hybridized carbons (Fsp3) is 0.320. The minimum atomic E-state index is -1.20. The molecular weight excluding hydrogens is 544 g/mol. The number of nitrogens with zero attached hydrogens (tertiary/aromatic N) is 6. The van der Waals surface area contributed by atoms with Gasteiger partial charge in [0, 0.05) is 31.5 Å². The van der Waals surface area contributed by atoms with Gasteiger partial charge in [0.25, 0.3) is 0 Å². The average Bonchev–Trinajstić information content (AvgIpc) is 3.25. The van der Waals surface area contributed by atoms with Crippen molar-refractivity contribution < 1.29 is 9.84 Å². The highest BCUT2D eigenvalue weighted by Gasteiger charge is 2.14. The van der Waals surface area contributed by atoms with Crippen molar-refractivity contribution in [2.75, 3.05) is 6.61 Å². The van der Waals surface area contributed by atoms with Crippen molar-refractivity contribution in [2.45, 2.75) is 56.0 Å². The molecule has 4 aromatic rings. The highest BCUT2D eigenvalue weighted by molar-refractivity contribution is 7.99. The molecular formula is C25H29ClN6O2S2Si. The molecule has 12 heteroatoms.